The molecule has 4 N–H and O–H groups in total. The second kappa shape index (κ2) is 8.49. The van der Waals surface area contributed by atoms with Gasteiger partial charge < -0.3 is 21.1 Å². The Hall–Kier alpha value is -3.23. The van der Waals surface area contributed by atoms with Crippen molar-refractivity contribution in [3.05, 3.63) is 53.7 Å². The maximum absolute atomic E-state index is 6.30. The first-order valence-corrected chi connectivity index (χ1v) is 11.2. The lowest BCUT2D eigenvalue weighted by Crippen LogP contribution is -2.38. The summed E-state index contributed by atoms with van der Waals surface area (Å²) in [6.07, 6.45) is 4.04. The van der Waals surface area contributed by atoms with Gasteiger partial charge in [-0.3, -0.25) is 0 Å². The quantitative estimate of drug-likeness (QED) is 0.397. The monoisotopic (exact) mass is 432 g/mol. The molecule has 1 atom stereocenters. The summed E-state index contributed by atoms with van der Waals surface area (Å²) in [6.45, 7) is 3.96. The third-order valence-electron chi connectivity index (χ3n) is 5.35. The number of aromatic nitrogens is 3. The van der Waals surface area contributed by atoms with Gasteiger partial charge in [0.2, 0.25) is 11.8 Å². The predicted octanol–water partition coefficient (Wildman–Crippen LogP) is 4.60. The van der Waals surface area contributed by atoms with E-state index >= 15 is 0 Å². The maximum atomic E-state index is 6.30. The van der Waals surface area contributed by atoms with Gasteiger partial charge in [-0.25, -0.2) is 15.0 Å². The highest BCUT2D eigenvalue weighted by molar-refractivity contribution is 7.15. The van der Waals surface area contributed by atoms with E-state index in [1.54, 1.807) is 17.5 Å². The molecule has 0 amide bonds. The molecule has 1 unspecified atom stereocenters. The van der Waals surface area contributed by atoms with Crippen molar-refractivity contribution >= 4 is 33.7 Å². The summed E-state index contributed by atoms with van der Waals surface area (Å²) in [5.41, 5.74) is 7.66. The number of anilines is 2. The Morgan fingerprint density at radius 1 is 1.13 bits per heavy atom. The van der Waals surface area contributed by atoms with Gasteiger partial charge >= 0.3 is 0 Å². The first-order chi connectivity index (χ1) is 15.2. The number of rotatable bonds is 5. The van der Waals surface area contributed by atoms with Crippen molar-refractivity contribution in [3.8, 4) is 22.2 Å². The third kappa shape index (κ3) is 4.17. The SMILES string of the molecule is Cc1nc(Oc2ccc(N)c3ccccc23)c(-c2ccnc(NC3CCCNC3)n2)s1. The van der Waals surface area contributed by atoms with Gasteiger partial charge in [0.05, 0.1) is 10.7 Å². The predicted molar refractivity (Wildman–Crippen MR) is 126 cm³/mol. The van der Waals surface area contributed by atoms with Crippen LogP contribution in [0.1, 0.15) is 17.8 Å². The average Bonchev–Trinajstić information content (AvgIpc) is 3.17. The van der Waals surface area contributed by atoms with E-state index in [0.717, 1.165) is 63.7 Å². The molecule has 0 saturated carbocycles. The number of benzene rings is 2. The Kier molecular flexibility index (Phi) is 5.40. The lowest BCUT2D eigenvalue weighted by Gasteiger charge is -2.23. The molecule has 3 heterocycles. The molecule has 0 aliphatic carbocycles. The van der Waals surface area contributed by atoms with Crippen LogP contribution < -0.4 is 21.1 Å². The molecular formula is C23H24N6OS. The molecule has 7 nitrogen and oxygen atoms in total. The topological polar surface area (TPSA) is 98.0 Å². The fourth-order valence-electron chi connectivity index (χ4n) is 3.84. The minimum atomic E-state index is 0.337. The first-order valence-electron chi connectivity index (χ1n) is 10.4. The normalized spacial score (nSPS) is 16.4. The van der Waals surface area contributed by atoms with Gasteiger partial charge in [0.25, 0.3) is 0 Å². The third-order valence-corrected chi connectivity index (χ3v) is 6.32. The van der Waals surface area contributed by atoms with Crippen LogP contribution in [0.3, 0.4) is 0 Å². The van der Waals surface area contributed by atoms with Crippen molar-refractivity contribution < 1.29 is 4.74 Å². The fourth-order valence-corrected chi connectivity index (χ4v) is 4.66. The van der Waals surface area contributed by atoms with Crippen LogP contribution >= 0.6 is 11.3 Å². The lowest BCUT2D eigenvalue weighted by molar-refractivity contribution is 0.472. The van der Waals surface area contributed by atoms with Crippen LogP contribution in [0.25, 0.3) is 21.3 Å². The van der Waals surface area contributed by atoms with Crippen molar-refractivity contribution in [3.63, 3.8) is 0 Å². The summed E-state index contributed by atoms with van der Waals surface area (Å²) >= 11 is 1.56. The number of thiazole rings is 1. The molecule has 0 radical (unpaired) electrons. The average molecular weight is 433 g/mol. The number of nitrogens with one attached hydrogen (secondary N) is 2. The minimum Gasteiger partial charge on any atom is -0.437 e. The van der Waals surface area contributed by atoms with Crippen molar-refractivity contribution in [2.45, 2.75) is 25.8 Å². The van der Waals surface area contributed by atoms with Crippen LogP contribution in [0.4, 0.5) is 11.6 Å². The molecule has 1 aliphatic heterocycles. The Bertz CT molecular complexity index is 1220. The first kappa shape index (κ1) is 19.7. The standard InChI is InChI=1S/C23H24N6OS/c1-14-27-22(30-20-9-8-18(24)16-6-2-3-7-17(16)20)21(31-14)19-10-12-26-23(29-19)28-15-5-4-11-25-13-15/h2-3,6-10,12,15,25H,4-5,11,13,24H2,1H3,(H,26,28,29). The Morgan fingerprint density at radius 3 is 2.84 bits per heavy atom. The number of piperidine rings is 1. The highest BCUT2D eigenvalue weighted by Gasteiger charge is 2.18. The Morgan fingerprint density at radius 2 is 2.00 bits per heavy atom. The van der Waals surface area contributed by atoms with E-state index < -0.39 is 0 Å². The lowest BCUT2D eigenvalue weighted by atomic mass is 10.1. The molecule has 31 heavy (non-hydrogen) atoms. The summed E-state index contributed by atoms with van der Waals surface area (Å²) in [6, 6.07) is 13.9. The van der Waals surface area contributed by atoms with Gasteiger partial charge in [0.15, 0.2) is 0 Å². The molecular weight excluding hydrogens is 408 g/mol. The number of nitrogen functional groups attached to an aromatic ring is 1. The van der Waals surface area contributed by atoms with E-state index in [-0.39, 0.29) is 0 Å². The van der Waals surface area contributed by atoms with Crippen molar-refractivity contribution in [1.29, 1.82) is 0 Å². The highest BCUT2D eigenvalue weighted by atomic mass is 32.1. The number of nitrogens with two attached hydrogens (primary N) is 1. The van der Waals surface area contributed by atoms with Gasteiger partial charge in [-0.05, 0) is 44.5 Å². The molecule has 2 aromatic heterocycles. The van der Waals surface area contributed by atoms with E-state index in [9.17, 15) is 0 Å². The highest BCUT2D eigenvalue weighted by Crippen LogP contribution is 2.39. The molecule has 5 rings (SSSR count). The molecule has 8 heteroatoms. The van der Waals surface area contributed by atoms with Gasteiger partial charge in [-0.2, -0.15) is 0 Å². The molecule has 0 spiro atoms. The molecule has 1 aliphatic rings. The van der Waals surface area contributed by atoms with Crippen molar-refractivity contribution in [2.75, 3.05) is 24.1 Å². The van der Waals surface area contributed by atoms with Gasteiger partial charge in [0, 0.05) is 35.2 Å². The number of hydrogen-bond acceptors (Lipinski definition) is 8. The molecule has 1 fully saturated rings. The van der Waals surface area contributed by atoms with Crippen molar-refractivity contribution in [2.24, 2.45) is 0 Å². The maximum Gasteiger partial charge on any atom is 0.240 e. The summed E-state index contributed by atoms with van der Waals surface area (Å²) in [5, 5.41) is 9.67. The second-order valence-electron chi connectivity index (χ2n) is 7.62. The van der Waals surface area contributed by atoms with E-state index in [1.807, 2.05) is 49.4 Å². The summed E-state index contributed by atoms with van der Waals surface area (Å²) in [4.78, 5) is 14.7. The molecule has 4 aromatic rings. The fraction of sp³-hybridized carbons (Fsp3) is 0.261. The molecule has 0 bridgehead atoms. The van der Waals surface area contributed by atoms with E-state index in [4.69, 9.17) is 15.5 Å². The van der Waals surface area contributed by atoms with Crippen LogP contribution in [0.15, 0.2) is 48.7 Å². The minimum absolute atomic E-state index is 0.337. The number of fused-ring (bicyclic) bond motifs is 1. The van der Waals surface area contributed by atoms with E-state index in [1.165, 1.54) is 0 Å². The number of hydrogen-bond donors (Lipinski definition) is 3. The second-order valence-corrected chi connectivity index (χ2v) is 8.82. The largest absolute Gasteiger partial charge is 0.437 e. The van der Waals surface area contributed by atoms with Crippen LogP contribution in [0.5, 0.6) is 11.6 Å². The zero-order valence-corrected chi connectivity index (χ0v) is 18.1. The van der Waals surface area contributed by atoms with Gasteiger partial charge in [-0.1, -0.05) is 24.3 Å². The Balaban J connectivity index is 1.47. The van der Waals surface area contributed by atoms with Crippen molar-refractivity contribution in [1.82, 2.24) is 20.3 Å². The number of nitrogens with zero attached hydrogens (tertiary/aromatic N) is 3. The summed E-state index contributed by atoms with van der Waals surface area (Å²) in [7, 11) is 0. The zero-order valence-electron chi connectivity index (χ0n) is 17.3. The van der Waals surface area contributed by atoms with Crippen LogP contribution in [-0.2, 0) is 0 Å². The van der Waals surface area contributed by atoms with Crippen LogP contribution in [-0.4, -0.2) is 34.1 Å². The van der Waals surface area contributed by atoms with Crippen LogP contribution in [0, 0.1) is 6.92 Å². The smallest absolute Gasteiger partial charge is 0.240 e. The van der Waals surface area contributed by atoms with Gasteiger partial charge in [0.1, 0.15) is 10.6 Å². The van der Waals surface area contributed by atoms with E-state index in [0.29, 0.717) is 17.9 Å². The van der Waals surface area contributed by atoms with Crippen LogP contribution in [0.2, 0.25) is 0 Å². The summed E-state index contributed by atoms with van der Waals surface area (Å²) < 4.78 is 6.30. The number of ether oxygens (including phenoxy) is 1. The number of aryl methyl sites for hydroxylation is 1. The van der Waals surface area contributed by atoms with Gasteiger partial charge in [-0.15, -0.1) is 11.3 Å². The van der Waals surface area contributed by atoms with E-state index in [2.05, 4.69) is 20.6 Å². The molecule has 2 aromatic carbocycles. The molecule has 1 saturated heterocycles. The summed E-state index contributed by atoms with van der Waals surface area (Å²) in [5.74, 6) is 1.89. The molecule has 158 valence electrons. The zero-order chi connectivity index (χ0) is 21.2. The Labute approximate surface area is 184 Å².